The molecule has 0 saturated carbocycles. The summed E-state index contributed by atoms with van der Waals surface area (Å²) in [7, 11) is 0. The van der Waals surface area contributed by atoms with Crippen LogP contribution in [0.25, 0.3) is 10.9 Å². The van der Waals surface area contributed by atoms with Gasteiger partial charge in [-0.2, -0.15) is 18.4 Å². The van der Waals surface area contributed by atoms with Crippen molar-refractivity contribution >= 4 is 22.7 Å². The van der Waals surface area contributed by atoms with Crippen molar-refractivity contribution in [2.24, 2.45) is 5.92 Å². The topological polar surface area (TPSA) is 92.5 Å². The highest BCUT2D eigenvalue weighted by Crippen LogP contribution is 2.37. The van der Waals surface area contributed by atoms with Crippen LogP contribution < -0.4 is 10.2 Å². The molecule has 7 nitrogen and oxygen atoms in total. The van der Waals surface area contributed by atoms with Crippen molar-refractivity contribution in [2.45, 2.75) is 89.3 Å². The fraction of sp³-hybridized carbons (Fsp3) is 0.645. The molecule has 0 spiro atoms. The fourth-order valence-electron chi connectivity index (χ4n) is 5.65. The van der Waals surface area contributed by atoms with Gasteiger partial charge in [0.05, 0.1) is 30.1 Å². The number of nitriles is 1. The average Bonchev–Trinajstić information content (AvgIpc) is 3.33. The summed E-state index contributed by atoms with van der Waals surface area (Å²) in [5.41, 5.74) is 1.68. The molecule has 0 aliphatic carbocycles. The molecular formula is C31H42F5N5O2. The number of piperidine rings is 1. The lowest BCUT2D eigenvalue weighted by atomic mass is 9.92. The Kier molecular flexibility index (Phi) is 13.2. The number of amides is 1. The van der Waals surface area contributed by atoms with E-state index in [1.807, 2.05) is 11.0 Å². The Morgan fingerprint density at radius 2 is 1.67 bits per heavy atom. The minimum atomic E-state index is -4.24. The number of anilines is 1. The van der Waals surface area contributed by atoms with Gasteiger partial charge in [-0.3, -0.25) is 4.98 Å². The molecule has 4 atom stereocenters. The highest BCUT2D eigenvalue weighted by Gasteiger charge is 2.44. The van der Waals surface area contributed by atoms with Gasteiger partial charge in [-0.05, 0) is 43.7 Å². The van der Waals surface area contributed by atoms with E-state index in [1.165, 1.54) is 38.5 Å². The molecule has 2 aromatic rings. The lowest BCUT2D eigenvalue weighted by Crippen LogP contribution is -2.53. The monoisotopic (exact) mass is 611 g/mol. The molecule has 2 saturated heterocycles. The first kappa shape index (κ1) is 34.3. The average molecular weight is 612 g/mol. The van der Waals surface area contributed by atoms with Crippen molar-refractivity contribution in [1.29, 1.82) is 5.26 Å². The first-order valence-electron chi connectivity index (χ1n) is 15.1. The molecule has 1 amide bonds. The maximum atomic E-state index is 13.7. The molecule has 43 heavy (non-hydrogen) atoms. The third-order valence-corrected chi connectivity index (χ3v) is 8.04. The van der Waals surface area contributed by atoms with Crippen LogP contribution in [0.3, 0.4) is 0 Å². The van der Waals surface area contributed by atoms with Crippen molar-refractivity contribution in [1.82, 2.24) is 15.2 Å². The number of rotatable bonds is 11. The molecule has 2 N–H and O–H groups in total. The van der Waals surface area contributed by atoms with Crippen LogP contribution in [0, 0.1) is 17.2 Å². The molecule has 12 heteroatoms. The maximum absolute atomic E-state index is 13.7. The minimum Gasteiger partial charge on any atom is -0.465 e. The third-order valence-electron chi connectivity index (χ3n) is 8.04. The first-order chi connectivity index (χ1) is 20.5. The number of unbranched alkanes of at least 4 members (excludes halogenated alkanes) is 7. The predicted octanol–water partition coefficient (Wildman–Crippen LogP) is 7.25. The standard InChI is InChI=1S/C26H35F3N4.C5H7F2NO2/c1-2-3-4-5-6-7-8-9-14-31-22-16-21(26(27,28)29)18-33(19-22)24-13-12-20(17-30)25-23(24)11-10-15-32-25;6-3-1-8(5(9)10)2-4(3)7/h10-13,15,21-22,31H,2-9,14,16,18-19H2,1H3;3-4H,1-2H2,(H,9,10)/t21-,22+;3-,4+/m0./s1. The van der Waals surface area contributed by atoms with Crippen LogP contribution in [0.15, 0.2) is 30.5 Å². The summed E-state index contributed by atoms with van der Waals surface area (Å²) in [5, 5.41) is 21.7. The molecular weight excluding hydrogens is 569 g/mol. The molecule has 2 fully saturated rings. The summed E-state index contributed by atoms with van der Waals surface area (Å²) < 4.78 is 65.7. The van der Waals surface area contributed by atoms with Gasteiger partial charge >= 0.3 is 12.3 Å². The Labute approximate surface area is 250 Å². The number of aromatic nitrogens is 1. The van der Waals surface area contributed by atoms with Crippen molar-refractivity contribution < 1.29 is 31.9 Å². The lowest BCUT2D eigenvalue weighted by Gasteiger charge is -2.40. The number of alkyl halides is 5. The van der Waals surface area contributed by atoms with E-state index in [9.17, 15) is 32.0 Å². The van der Waals surface area contributed by atoms with Gasteiger partial charge in [0.15, 0.2) is 12.3 Å². The quantitative estimate of drug-likeness (QED) is 0.205. The molecule has 0 bridgehead atoms. The minimum absolute atomic E-state index is 0.0741. The van der Waals surface area contributed by atoms with Gasteiger partial charge in [0.1, 0.15) is 6.07 Å². The number of hydrogen-bond donors (Lipinski definition) is 2. The Bertz CT molecular complexity index is 1200. The Hall–Kier alpha value is -3.20. The normalized spacial score (nSPS) is 22.3. The van der Waals surface area contributed by atoms with E-state index in [2.05, 4.69) is 23.3 Å². The molecule has 3 heterocycles. The number of halogens is 5. The van der Waals surface area contributed by atoms with Crippen LogP contribution in [0.1, 0.15) is 70.3 Å². The number of likely N-dealkylation sites (tertiary alicyclic amines) is 1. The smallest absolute Gasteiger partial charge is 0.407 e. The van der Waals surface area contributed by atoms with Crippen LogP contribution in [0.4, 0.5) is 32.4 Å². The highest BCUT2D eigenvalue weighted by molar-refractivity contribution is 5.95. The molecule has 2 aliphatic heterocycles. The Morgan fingerprint density at radius 1 is 1.02 bits per heavy atom. The van der Waals surface area contributed by atoms with Crippen LogP contribution >= 0.6 is 0 Å². The van der Waals surface area contributed by atoms with E-state index in [0.29, 0.717) is 23.3 Å². The molecule has 1 aromatic carbocycles. The number of fused-ring (bicyclic) bond motifs is 1. The highest BCUT2D eigenvalue weighted by atomic mass is 19.4. The van der Waals surface area contributed by atoms with Crippen LogP contribution in [0.2, 0.25) is 0 Å². The van der Waals surface area contributed by atoms with Gasteiger partial charge in [-0.25, -0.2) is 13.6 Å². The van der Waals surface area contributed by atoms with Crippen molar-refractivity contribution in [3.8, 4) is 6.07 Å². The number of benzene rings is 1. The SMILES string of the molecule is CCCCCCCCCCN[C@@H]1C[C@H](C(F)(F)F)CN(c2ccc(C#N)c3ncccc23)C1.O=C(O)N1C[C@@H](F)[C@@H](F)C1. The van der Waals surface area contributed by atoms with Gasteiger partial charge in [0.25, 0.3) is 0 Å². The van der Waals surface area contributed by atoms with Gasteiger partial charge < -0.3 is 20.2 Å². The molecule has 2 aliphatic rings. The van der Waals surface area contributed by atoms with Gasteiger partial charge in [0.2, 0.25) is 0 Å². The summed E-state index contributed by atoms with van der Waals surface area (Å²) in [6, 6.07) is 8.91. The number of carbonyl (C=O) groups is 1. The molecule has 1 aromatic heterocycles. The van der Waals surface area contributed by atoms with Crippen LogP contribution in [-0.4, -0.2) is 78.4 Å². The number of nitrogens with one attached hydrogen (secondary N) is 1. The summed E-state index contributed by atoms with van der Waals surface area (Å²) in [4.78, 5) is 16.9. The van der Waals surface area contributed by atoms with E-state index in [4.69, 9.17) is 5.11 Å². The summed E-state index contributed by atoms with van der Waals surface area (Å²) in [6.07, 6.45) is 2.58. The van der Waals surface area contributed by atoms with Crippen molar-refractivity contribution in [2.75, 3.05) is 37.6 Å². The number of pyridine rings is 1. The number of nitrogens with zero attached hydrogens (tertiary/aromatic N) is 4. The van der Waals surface area contributed by atoms with Gasteiger partial charge in [-0.15, -0.1) is 0 Å². The number of hydrogen-bond acceptors (Lipinski definition) is 5. The van der Waals surface area contributed by atoms with Gasteiger partial charge in [0, 0.05) is 36.4 Å². The van der Waals surface area contributed by atoms with Crippen LogP contribution in [0.5, 0.6) is 0 Å². The van der Waals surface area contributed by atoms with Crippen molar-refractivity contribution in [3.05, 3.63) is 36.0 Å². The van der Waals surface area contributed by atoms with E-state index in [1.54, 1.807) is 24.4 Å². The second-order valence-electron chi connectivity index (χ2n) is 11.4. The van der Waals surface area contributed by atoms with Gasteiger partial charge in [-0.1, -0.05) is 51.9 Å². The summed E-state index contributed by atoms with van der Waals surface area (Å²) >= 11 is 0. The zero-order valence-electron chi connectivity index (χ0n) is 24.6. The zero-order chi connectivity index (χ0) is 31.4. The van der Waals surface area contributed by atoms with E-state index in [-0.39, 0.29) is 32.1 Å². The number of carboxylic acid groups (broad SMARTS) is 1. The molecule has 0 radical (unpaired) electrons. The Balaban J connectivity index is 0.000000428. The molecule has 238 valence electrons. The second kappa shape index (κ2) is 16.6. The fourth-order valence-corrected chi connectivity index (χ4v) is 5.65. The summed E-state index contributed by atoms with van der Waals surface area (Å²) in [5.74, 6) is -1.38. The van der Waals surface area contributed by atoms with E-state index < -0.39 is 30.5 Å². The van der Waals surface area contributed by atoms with Crippen LogP contribution in [-0.2, 0) is 0 Å². The second-order valence-corrected chi connectivity index (χ2v) is 11.4. The zero-order valence-corrected chi connectivity index (χ0v) is 24.6. The first-order valence-corrected chi connectivity index (χ1v) is 15.1. The van der Waals surface area contributed by atoms with Crippen molar-refractivity contribution in [3.63, 3.8) is 0 Å². The largest absolute Gasteiger partial charge is 0.465 e. The van der Waals surface area contributed by atoms with E-state index in [0.717, 1.165) is 29.7 Å². The summed E-state index contributed by atoms with van der Waals surface area (Å²) in [6.45, 7) is 2.72. The Morgan fingerprint density at radius 3 is 2.26 bits per heavy atom. The maximum Gasteiger partial charge on any atom is 0.407 e. The predicted molar refractivity (Wildman–Crippen MR) is 157 cm³/mol. The molecule has 4 rings (SSSR count). The molecule has 0 unspecified atom stereocenters. The lowest BCUT2D eigenvalue weighted by molar-refractivity contribution is -0.177. The third kappa shape index (κ3) is 10.2. The van der Waals surface area contributed by atoms with E-state index >= 15 is 0 Å².